The number of benzene rings is 1. The summed E-state index contributed by atoms with van der Waals surface area (Å²) in [5.41, 5.74) is 3.28. The molecule has 0 bridgehead atoms. The minimum atomic E-state index is -0.886. The Hall–Kier alpha value is -1.84. The standard InChI is InChI=1S/C16H20FN3/c1-9(2)15-6-12-5-14-13(8-18-19-14)7-16(12)20(15)11(4)10(3)17/h5-11H,1-4H3,(H,18,19)/t10-,11?/m1/s1. The van der Waals surface area contributed by atoms with Gasteiger partial charge in [-0.15, -0.1) is 0 Å². The summed E-state index contributed by atoms with van der Waals surface area (Å²) in [6.45, 7) is 7.86. The molecule has 1 unspecified atom stereocenters. The number of aromatic nitrogens is 3. The Balaban J connectivity index is 2.34. The van der Waals surface area contributed by atoms with Crippen molar-refractivity contribution < 1.29 is 4.39 Å². The van der Waals surface area contributed by atoms with E-state index < -0.39 is 6.17 Å². The lowest BCUT2D eigenvalue weighted by molar-refractivity contribution is 0.264. The molecule has 0 amide bonds. The number of aromatic amines is 1. The van der Waals surface area contributed by atoms with Crippen molar-refractivity contribution in [1.82, 2.24) is 14.8 Å². The monoisotopic (exact) mass is 273 g/mol. The van der Waals surface area contributed by atoms with Crippen molar-refractivity contribution in [3.63, 3.8) is 0 Å². The second-order valence-corrected chi connectivity index (χ2v) is 5.88. The highest BCUT2D eigenvalue weighted by atomic mass is 19.1. The van der Waals surface area contributed by atoms with E-state index in [1.165, 1.54) is 5.69 Å². The molecule has 1 N–H and O–H groups in total. The number of hydrogen-bond acceptors (Lipinski definition) is 1. The summed E-state index contributed by atoms with van der Waals surface area (Å²) in [4.78, 5) is 0. The number of alkyl halides is 1. The maximum atomic E-state index is 13.8. The molecule has 0 spiro atoms. The van der Waals surface area contributed by atoms with Crippen molar-refractivity contribution >= 4 is 21.8 Å². The van der Waals surface area contributed by atoms with Crippen LogP contribution in [0.2, 0.25) is 0 Å². The summed E-state index contributed by atoms with van der Waals surface area (Å²) in [6, 6.07) is 6.18. The van der Waals surface area contributed by atoms with Gasteiger partial charge in [0, 0.05) is 22.0 Å². The zero-order valence-corrected chi connectivity index (χ0v) is 12.3. The molecule has 0 fully saturated rings. The molecule has 2 aromatic heterocycles. The fourth-order valence-electron chi connectivity index (χ4n) is 2.79. The van der Waals surface area contributed by atoms with Gasteiger partial charge in [0.25, 0.3) is 0 Å². The van der Waals surface area contributed by atoms with Gasteiger partial charge in [-0.25, -0.2) is 4.39 Å². The number of fused-ring (bicyclic) bond motifs is 2. The van der Waals surface area contributed by atoms with E-state index in [4.69, 9.17) is 0 Å². The summed E-state index contributed by atoms with van der Waals surface area (Å²) in [5, 5.41) is 9.25. The van der Waals surface area contributed by atoms with Crippen LogP contribution in [0.4, 0.5) is 4.39 Å². The molecule has 3 nitrogen and oxygen atoms in total. The number of nitrogens with zero attached hydrogens (tertiary/aromatic N) is 2. The zero-order chi connectivity index (χ0) is 14.4. The molecule has 0 saturated carbocycles. The third-order valence-corrected chi connectivity index (χ3v) is 4.09. The highest BCUT2D eigenvalue weighted by Crippen LogP contribution is 2.32. The largest absolute Gasteiger partial charge is 0.339 e. The third kappa shape index (κ3) is 1.90. The van der Waals surface area contributed by atoms with Gasteiger partial charge in [0.2, 0.25) is 0 Å². The van der Waals surface area contributed by atoms with E-state index in [1.54, 1.807) is 6.92 Å². The summed E-state index contributed by atoms with van der Waals surface area (Å²) in [6.07, 6.45) is 0.924. The molecule has 0 aliphatic carbocycles. The Labute approximate surface area is 117 Å². The van der Waals surface area contributed by atoms with E-state index in [0.717, 1.165) is 21.8 Å². The van der Waals surface area contributed by atoms with Crippen LogP contribution in [0.25, 0.3) is 21.8 Å². The second kappa shape index (κ2) is 4.62. The predicted molar refractivity (Wildman–Crippen MR) is 81.0 cm³/mol. The Morgan fingerprint density at radius 2 is 1.85 bits per heavy atom. The molecular weight excluding hydrogens is 253 g/mol. The first-order valence-electron chi connectivity index (χ1n) is 7.11. The quantitative estimate of drug-likeness (QED) is 0.745. The number of H-pyrrole nitrogens is 1. The molecule has 4 heteroatoms. The molecule has 3 aromatic rings. The van der Waals surface area contributed by atoms with Gasteiger partial charge in [0.05, 0.1) is 17.8 Å². The van der Waals surface area contributed by atoms with E-state index in [2.05, 4.69) is 46.8 Å². The second-order valence-electron chi connectivity index (χ2n) is 5.88. The number of nitrogens with one attached hydrogen (secondary N) is 1. The van der Waals surface area contributed by atoms with E-state index >= 15 is 0 Å². The number of halogens is 1. The lowest BCUT2D eigenvalue weighted by Gasteiger charge is -2.21. The van der Waals surface area contributed by atoms with Crippen LogP contribution in [0, 0.1) is 0 Å². The van der Waals surface area contributed by atoms with E-state index in [-0.39, 0.29) is 6.04 Å². The van der Waals surface area contributed by atoms with Crippen LogP contribution in [0.15, 0.2) is 24.4 Å². The topological polar surface area (TPSA) is 33.6 Å². The van der Waals surface area contributed by atoms with Crippen molar-refractivity contribution in [2.45, 2.75) is 45.8 Å². The number of rotatable bonds is 3. The molecule has 3 rings (SSSR count). The highest BCUT2D eigenvalue weighted by molar-refractivity contribution is 5.95. The van der Waals surface area contributed by atoms with E-state index in [0.29, 0.717) is 5.92 Å². The van der Waals surface area contributed by atoms with Crippen LogP contribution >= 0.6 is 0 Å². The van der Waals surface area contributed by atoms with Crippen molar-refractivity contribution in [3.8, 4) is 0 Å². The molecule has 0 radical (unpaired) electrons. The van der Waals surface area contributed by atoms with Crippen LogP contribution in [0.5, 0.6) is 0 Å². The third-order valence-electron chi connectivity index (χ3n) is 4.09. The summed E-state index contributed by atoms with van der Waals surface area (Å²) in [5.74, 6) is 0.361. The van der Waals surface area contributed by atoms with E-state index in [9.17, 15) is 4.39 Å². The van der Waals surface area contributed by atoms with Crippen molar-refractivity contribution in [2.24, 2.45) is 0 Å². The average Bonchev–Trinajstić information content (AvgIpc) is 2.97. The first-order chi connectivity index (χ1) is 9.49. The van der Waals surface area contributed by atoms with Crippen LogP contribution in [-0.4, -0.2) is 20.9 Å². The fraction of sp³-hybridized carbons (Fsp3) is 0.438. The predicted octanol–water partition coefficient (Wildman–Crippen LogP) is 4.56. The van der Waals surface area contributed by atoms with E-state index in [1.807, 2.05) is 13.1 Å². The molecular formula is C16H20FN3. The SMILES string of the molecule is CC(C)c1cc2cc3[nH]ncc3cc2n1C(C)[C@@H](C)F. The normalized spacial score (nSPS) is 15.3. The van der Waals surface area contributed by atoms with Crippen LogP contribution in [0.3, 0.4) is 0 Å². The molecule has 20 heavy (non-hydrogen) atoms. The molecule has 0 aliphatic heterocycles. The maximum Gasteiger partial charge on any atom is 0.118 e. The summed E-state index contributed by atoms with van der Waals surface area (Å²) < 4.78 is 16.0. The molecule has 1 aromatic carbocycles. The molecule has 0 saturated heterocycles. The zero-order valence-electron chi connectivity index (χ0n) is 12.3. The van der Waals surface area contributed by atoms with Crippen molar-refractivity contribution in [2.75, 3.05) is 0 Å². The van der Waals surface area contributed by atoms with Gasteiger partial charge in [0.1, 0.15) is 6.17 Å². The minimum absolute atomic E-state index is 0.172. The Morgan fingerprint density at radius 3 is 2.50 bits per heavy atom. The van der Waals surface area contributed by atoms with Crippen LogP contribution < -0.4 is 0 Å². The lowest BCUT2D eigenvalue weighted by atomic mass is 10.1. The van der Waals surface area contributed by atoms with Gasteiger partial charge in [-0.2, -0.15) is 5.10 Å². The molecule has 0 aliphatic rings. The summed E-state index contributed by atoms with van der Waals surface area (Å²) >= 11 is 0. The van der Waals surface area contributed by atoms with Gasteiger partial charge >= 0.3 is 0 Å². The maximum absolute atomic E-state index is 13.8. The Bertz CT molecular complexity index is 752. The summed E-state index contributed by atoms with van der Waals surface area (Å²) in [7, 11) is 0. The van der Waals surface area contributed by atoms with Crippen LogP contribution in [0.1, 0.15) is 45.3 Å². The van der Waals surface area contributed by atoms with Gasteiger partial charge in [-0.05, 0) is 38.0 Å². The minimum Gasteiger partial charge on any atom is -0.339 e. The van der Waals surface area contributed by atoms with Gasteiger partial charge < -0.3 is 4.57 Å². The van der Waals surface area contributed by atoms with Gasteiger partial charge in [0.15, 0.2) is 0 Å². The lowest BCUT2D eigenvalue weighted by Crippen LogP contribution is -2.17. The number of hydrogen-bond donors (Lipinski definition) is 1. The van der Waals surface area contributed by atoms with Gasteiger partial charge in [-0.1, -0.05) is 13.8 Å². The highest BCUT2D eigenvalue weighted by Gasteiger charge is 2.21. The van der Waals surface area contributed by atoms with Crippen molar-refractivity contribution in [3.05, 3.63) is 30.1 Å². The first-order valence-corrected chi connectivity index (χ1v) is 7.11. The fourth-order valence-corrected chi connectivity index (χ4v) is 2.79. The molecule has 2 heterocycles. The van der Waals surface area contributed by atoms with Crippen LogP contribution in [-0.2, 0) is 0 Å². The molecule has 106 valence electrons. The Kier molecular flexibility index (Phi) is 3.04. The Morgan fingerprint density at radius 1 is 1.10 bits per heavy atom. The first kappa shape index (κ1) is 13.2. The molecule has 2 atom stereocenters. The van der Waals surface area contributed by atoms with Crippen molar-refractivity contribution in [1.29, 1.82) is 0 Å². The smallest absolute Gasteiger partial charge is 0.118 e. The average molecular weight is 273 g/mol. The van der Waals surface area contributed by atoms with Gasteiger partial charge in [-0.3, -0.25) is 5.10 Å².